The molecule has 146 valence electrons. The van der Waals surface area contributed by atoms with Gasteiger partial charge in [-0.15, -0.1) is 5.10 Å². The number of rotatable bonds is 5. The maximum Gasteiger partial charge on any atom is 0.343 e. The van der Waals surface area contributed by atoms with E-state index in [0.717, 1.165) is 18.6 Å². The van der Waals surface area contributed by atoms with E-state index in [4.69, 9.17) is 0 Å². The van der Waals surface area contributed by atoms with Crippen LogP contribution >= 0.6 is 0 Å². The first-order chi connectivity index (χ1) is 13.5. The molecule has 0 spiro atoms. The molecule has 0 saturated carbocycles. The number of carbonyl (C=O) groups is 1. The van der Waals surface area contributed by atoms with E-state index in [9.17, 15) is 18.7 Å². The summed E-state index contributed by atoms with van der Waals surface area (Å²) in [5.41, 5.74) is 0.460. The van der Waals surface area contributed by atoms with Crippen LogP contribution in [-0.2, 0) is 0 Å². The van der Waals surface area contributed by atoms with Gasteiger partial charge in [0.05, 0.1) is 6.04 Å². The van der Waals surface area contributed by atoms with Crippen LogP contribution in [-0.4, -0.2) is 38.8 Å². The summed E-state index contributed by atoms with van der Waals surface area (Å²) >= 11 is 0. The average molecular weight is 387 g/mol. The highest BCUT2D eigenvalue weighted by molar-refractivity contribution is 6.00. The summed E-state index contributed by atoms with van der Waals surface area (Å²) in [7, 11) is 0. The van der Waals surface area contributed by atoms with E-state index in [1.54, 1.807) is 12.3 Å². The van der Waals surface area contributed by atoms with Crippen molar-refractivity contribution in [2.24, 2.45) is 0 Å². The summed E-state index contributed by atoms with van der Waals surface area (Å²) in [4.78, 5) is 18.1. The predicted molar refractivity (Wildman–Crippen MR) is 99.8 cm³/mol. The molecule has 1 fully saturated rings. The summed E-state index contributed by atoms with van der Waals surface area (Å²) in [6.45, 7) is 2.97. The first kappa shape index (κ1) is 18.1. The van der Waals surface area contributed by atoms with Gasteiger partial charge < -0.3 is 15.3 Å². The van der Waals surface area contributed by atoms with Crippen LogP contribution in [0.4, 0.5) is 20.4 Å². The maximum atomic E-state index is 14.3. The molecular weight excluding hydrogens is 368 g/mol. The molecule has 0 bridgehead atoms. The summed E-state index contributed by atoms with van der Waals surface area (Å²) in [5, 5.41) is 16.7. The Morgan fingerprint density at radius 2 is 2.18 bits per heavy atom. The van der Waals surface area contributed by atoms with E-state index >= 15 is 0 Å². The number of carboxylic acids is 1. The third-order valence-electron chi connectivity index (χ3n) is 4.89. The second-order valence-corrected chi connectivity index (χ2v) is 6.63. The maximum absolute atomic E-state index is 14.3. The molecule has 0 amide bonds. The van der Waals surface area contributed by atoms with Crippen LogP contribution in [0, 0.1) is 11.6 Å². The van der Waals surface area contributed by atoms with E-state index in [-0.39, 0.29) is 28.6 Å². The number of nitrogens with one attached hydrogen (secondary N) is 1. The molecule has 1 unspecified atom stereocenters. The molecule has 9 heteroatoms. The fourth-order valence-corrected chi connectivity index (χ4v) is 3.70. The fourth-order valence-electron chi connectivity index (χ4n) is 3.70. The molecule has 1 aromatic carbocycles. The van der Waals surface area contributed by atoms with Crippen molar-refractivity contribution in [3.63, 3.8) is 0 Å². The van der Waals surface area contributed by atoms with Crippen molar-refractivity contribution in [3.8, 4) is 0 Å². The Bertz CT molecular complexity index is 1050. The Kier molecular flexibility index (Phi) is 4.58. The summed E-state index contributed by atoms with van der Waals surface area (Å²) in [5.74, 6) is -1.35. The third-order valence-corrected chi connectivity index (χ3v) is 4.89. The number of aromatic nitrogens is 3. The number of hydrogen-bond acceptors (Lipinski definition) is 5. The average Bonchev–Trinajstić information content (AvgIpc) is 3.27. The third kappa shape index (κ3) is 3.02. The largest absolute Gasteiger partial charge is 0.477 e. The molecular formula is C19H19F2N5O2. The fraction of sp³-hybridized carbons (Fsp3) is 0.316. The van der Waals surface area contributed by atoms with Crippen LogP contribution in [0.5, 0.6) is 0 Å². The number of halogens is 2. The minimum absolute atomic E-state index is 0.0172. The lowest BCUT2D eigenvalue weighted by atomic mass is 10.0. The van der Waals surface area contributed by atoms with Gasteiger partial charge in [0, 0.05) is 24.8 Å². The monoisotopic (exact) mass is 387 g/mol. The molecule has 28 heavy (non-hydrogen) atoms. The standard InChI is InChI=1S/C19H19F2N5O2/c1-2-22-17-16(19(27)28)18-23-15(7-9-26(18)24-17)25-8-3-4-14(25)12-10-11(20)5-6-13(12)21/h5-7,9-10,14H,2-4,8H2,1H3,(H,22,24)(H,27,28). The first-order valence-electron chi connectivity index (χ1n) is 9.07. The van der Waals surface area contributed by atoms with Crippen molar-refractivity contribution in [1.29, 1.82) is 0 Å². The van der Waals surface area contributed by atoms with Crippen molar-refractivity contribution >= 4 is 23.3 Å². The lowest BCUT2D eigenvalue weighted by Crippen LogP contribution is -2.24. The number of fused-ring (bicyclic) bond motifs is 1. The molecule has 0 aliphatic carbocycles. The molecule has 1 aliphatic rings. The second-order valence-electron chi connectivity index (χ2n) is 6.63. The number of nitrogens with zero attached hydrogens (tertiary/aromatic N) is 4. The van der Waals surface area contributed by atoms with Gasteiger partial charge in [-0.3, -0.25) is 0 Å². The molecule has 4 rings (SSSR count). The number of carboxylic acid groups (broad SMARTS) is 1. The highest BCUT2D eigenvalue weighted by Crippen LogP contribution is 2.37. The number of benzene rings is 1. The van der Waals surface area contributed by atoms with Crippen LogP contribution in [0.25, 0.3) is 5.65 Å². The Morgan fingerprint density at radius 3 is 2.93 bits per heavy atom. The summed E-state index contributed by atoms with van der Waals surface area (Å²) in [6.07, 6.45) is 3.07. The molecule has 1 atom stereocenters. The highest BCUT2D eigenvalue weighted by Gasteiger charge is 2.30. The number of hydrogen-bond donors (Lipinski definition) is 2. The zero-order valence-electron chi connectivity index (χ0n) is 15.2. The summed E-state index contributed by atoms with van der Waals surface area (Å²) < 4.78 is 29.4. The summed E-state index contributed by atoms with van der Waals surface area (Å²) in [6, 6.07) is 4.77. The molecule has 0 radical (unpaired) electrons. The molecule has 1 aliphatic heterocycles. The second kappa shape index (κ2) is 7.06. The molecule has 3 aromatic rings. The van der Waals surface area contributed by atoms with Crippen molar-refractivity contribution in [3.05, 3.63) is 53.2 Å². The van der Waals surface area contributed by atoms with Gasteiger partial charge in [-0.2, -0.15) is 0 Å². The van der Waals surface area contributed by atoms with E-state index in [1.807, 2.05) is 11.8 Å². The van der Waals surface area contributed by atoms with Crippen LogP contribution in [0.3, 0.4) is 0 Å². The zero-order valence-corrected chi connectivity index (χ0v) is 15.2. The van der Waals surface area contributed by atoms with Crippen molar-refractivity contribution in [2.75, 3.05) is 23.3 Å². The Hall–Kier alpha value is -3.23. The lowest BCUT2D eigenvalue weighted by molar-refractivity contribution is 0.0700. The van der Waals surface area contributed by atoms with Gasteiger partial charge in [0.1, 0.15) is 23.0 Å². The smallest absolute Gasteiger partial charge is 0.343 e. The van der Waals surface area contributed by atoms with Crippen LogP contribution in [0.15, 0.2) is 30.5 Å². The molecule has 2 aromatic heterocycles. The van der Waals surface area contributed by atoms with Gasteiger partial charge in [-0.1, -0.05) is 0 Å². The van der Waals surface area contributed by atoms with Gasteiger partial charge in [-0.25, -0.2) is 23.1 Å². The lowest BCUT2D eigenvalue weighted by Gasteiger charge is -2.26. The first-order valence-corrected chi connectivity index (χ1v) is 9.07. The van der Waals surface area contributed by atoms with E-state index in [0.29, 0.717) is 25.3 Å². The van der Waals surface area contributed by atoms with Crippen LogP contribution in [0.1, 0.15) is 41.7 Å². The Labute approximate surface area is 159 Å². The highest BCUT2D eigenvalue weighted by atomic mass is 19.1. The van der Waals surface area contributed by atoms with Gasteiger partial charge >= 0.3 is 5.97 Å². The van der Waals surface area contributed by atoms with E-state index < -0.39 is 17.6 Å². The number of anilines is 2. The Morgan fingerprint density at radius 1 is 1.36 bits per heavy atom. The SMILES string of the molecule is CCNc1nn2ccc(N3CCCC3c3cc(F)ccc3F)nc2c1C(=O)O. The number of aromatic carboxylic acids is 1. The van der Waals surface area contributed by atoms with Gasteiger partial charge in [0.25, 0.3) is 0 Å². The quantitative estimate of drug-likeness (QED) is 0.698. The normalized spacial score (nSPS) is 16.7. The van der Waals surface area contributed by atoms with Crippen LogP contribution < -0.4 is 10.2 Å². The molecule has 2 N–H and O–H groups in total. The van der Waals surface area contributed by atoms with Gasteiger partial charge in [0.2, 0.25) is 0 Å². The van der Waals surface area contributed by atoms with Crippen molar-refractivity contribution < 1.29 is 18.7 Å². The van der Waals surface area contributed by atoms with E-state index in [1.165, 1.54) is 10.6 Å². The zero-order chi connectivity index (χ0) is 19.8. The minimum Gasteiger partial charge on any atom is -0.477 e. The molecule has 7 nitrogen and oxygen atoms in total. The molecule has 1 saturated heterocycles. The molecule has 3 heterocycles. The van der Waals surface area contributed by atoms with Crippen molar-refractivity contribution in [2.45, 2.75) is 25.8 Å². The van der Waals surface area contributed by atoms with E-state index in [2.05, 4.69) is 15.4 Å². The van der Waals surface area contributed by atoms with Gasteiger partial charge in [-0.05, 0) is 44.0 Å². The predicted octanol–water partition coefficient (Wildman–Crippen LogP) is 3.48. The minimum atomic E-state index is -1.13. The Balaban J connectivity index is 1.78. The van der Waals surface area contributed by atoms with Crippen LogP contribution in [0.2, 0.25) is 0 Å². The van der Waals surface area contributed by atoms with Gasteiger partial charge in [0.15, 0.2) is 11.5 Å². The topological polar surface area (TPSA) is 82.8 Å². The van der Waals surface area contributed by atoms with Crippen molar-refractivity contribution in [1.82, 2.24) is 14.6 Å².